The van der Waals surface area contributed by atoms with Crippen molar-refractivity contribution in [3.05, 3.63) is 32.9 Å². The average molecular weight is 381 g/mol. The molecule has 0 radical (unpaired) electrons. The van der Waals surface area contributed by atoms with Crippen molar-refractivity contribution in [3.8, 4) is 0 Å². The van der Waals surface area contributed by atoms with E-state index in [1.54, 1.807) is 28.6 Å². The Hall–Kier alpha value is 0.880. The molecular formula is C10H8N2S7. The van der Waals surface area contributed by atoms with Gasteiger partial charge in [0, 0.05) is 0 Å². The molecule has 9 heteroatoms. The molecule has 100 valence electrons. The molecule has 0 saturated carbocycles. The van der Waals surface area contributed by atoms with E-state index in [1.165, 1.54) is 21.9 Å². The number of thioether (sulfide) groups is 6. The molecule has 0 N–H and O–H groups in total. The van der Waals surface area contributed by atoms with E-state index in [1.807, 2.05) is 58.8 Å². The lowest BCUT2D eigenvalue weighted by Crippen LogP contribution is -1.75. The van der Waals surface area contributed by atoms with Crippen molar-refractivity contribution >= 4 is 86.8 Å². The van der Waals surface area contributed by atoms with Crippen LogP contribution < -0.4 is 0 Å². The molecule has 0 saturated heterocycles. The van der Waals surface area contributed by atoms with Crippen LogP contribution in [0.4, 0.5) is 0 Å². The van der Waals surface area contributed by atoms with Crippen LogP contribution >= 0.6 is 81.9 Å². The average Bonchev–Trinajstić information content (AvgIpc) is 3.16. The van der Waals surface area contributed by atoms with E-state index in [-0.39, 0.29) is 0 Å². The van der Waals surface area contributed by atoms with E-state index in [9.17, 15) is 0 Å². The second-order valence-electron chi connectivity index (χ2n) is 3.21. The number of nitrogens with zero attached hydrogens (tertiary/aromatic N) is 2. The van der Waals surface area contributed by atoms with E-state index in [0.717, 1.165) is 5.01 Å². The smallest absolute Gasteiger partial charge is 0.147 e. The summed E-state index contributed by atoms with van der Waals surface area (Å²) in [6.07, 6.45) is 4.29. The molecular weight excluding hydrogens is 373 g/mol. The van der Waals surface area contributed by atoms with E-state index in [0.29, 0.717) is 0 Å². The molecule has 0 atom stereocenters. The molecule has 3 rings (SSSR count). The lowest BCUT2D eigenvalue weighted by molar-refractivity contribution is 1.08. The third kappa shape index (κ3) is 3.22. The fraction of sp³-hybridized carbons (Fsp3) is 0.200. The lowest BCUT2D eigenvalue weighted by atomic mass is 10.7. The van der Waals surface area contributed by atoms with Gasteiger partial charge in [0.2, 0.25) is 0 Å². The van der Waals surface area contributed by atoms with Crippen LogP contribution in [0.15, 0.2) is 27.9 Å². The third-order valence-corrected chi connectivity index (χ3v) is 11.1. The molecule has 0 bridgehead atoms. The molecule has 19 heavy (non-hydrogen) atoms. The summed E-state index contributed by atoms with van der Waals surface area (Å²) in [6.45, 7) is 0. The van der Waals surface area contributed by atoms with Gasteiger partial charge in [-0.15, -0.1) is 33.7 Å². The highest BCUT2D eigenvalue weighted by Gasteiger charge is 2.27. The Morgan fingerprint density at radius 3 is 2.32 bits per heavy atom. The molecule has 0 aliphatic carbocycles. The lowest BCUT2D eigenvalue weighted by Gasteiger charge is -2.01. The number of hydrogen-bond donors (Lipinski definition) is 0. The summed E-state index contributed by atoms with van der Waals surface area (Å²) in [5, 5.41) is 11.2. The van der Waals surface area contributed by atoms with Crippen LogP contribution in [0.1, 0.15) is 5.01 Å². The van der Waals surface area contributed by atoms with E-state index in [2.05, 4.69) is 28.1 Å². The van der Waals surface area contributed by atoms with Crippen molar-refractivity contribution in [2.45, 2.75) is 0 Å². The Morgan fingerprint density at radius 1 is 1.00 bits per heavy atom. The first kappa shape index (κ1) is 14.8. The Morgan fingerprint density at radius 2 is 1.74 bits per heavy atom. The second-order valence-corrected chi connectivity index (χ2v) is 10.7. The minimum absolute atomic E-state index is 1.02. The van der Waals surface area contributed by atoms with Crippen LogP contribution in [0.2, 0.25) is 0 Å². The molecule has 0 amide bonds. The molecule has 2 aliphatic rings. The van der Waals surface area contributed by atoms with Gasteiger partial charge in [-0.1, -0.05) is 58.4 Å². The van der Waals surface area contributed by atoms with Gasteiger partial charge in [-0.2, -0.15) is 0 Å². The largest absolute Gasteiger partial charge is 0.154 e. The van der Waals surface area contributed by atoms with Crippen molar-refractivity contribution in [3.63, 3.8) is 0 Å². The summed E-state index contributed by atoms with van der Waals surface area (Å²) in [4.78, 5) is 1.22. The Bertz CT molecular complexity index is 555. The van der Waals surface area contributed by atoms with Crippen LogP contribution in [0.3, 0.4) is 0 Å². The zero-order chi connectivity index (χ0) is 13.2. The van der Waals surface area contributed by atoms with Crippen molar-refractivity contribution in [2.75, 3.05) is 12.5 Å². The minimum atomic E-state index is 1.02. The first-order valence-corrected chi connectivity index (χ1v) is 11.7. The maximum Gasteiger partial charge on any atom is 0.154 e. The van der Waals surface area contributed by atoms with Gasteiger partial charge in [0.15, 0.2) is 5.01 Å². The van der Waals surface area contributed by atoms with Crippen LogP contribution in [0, 0.1) is 0 Å². The monoisotopic (exact) mass is 380 g/mol. The summed E-state index contributed by atoms with van der Waals surface area (Å²) >= 11 is 12.7. The van der Waals surface area contributed by atoms with E-state index >= 15 is 0 Å². The first-order chi connectivity index (χ1) is 9.31. The molecule has 3 heterocycles. The maximum absolute atomic E-state index is 4.13. The molecule has 2 aliphatic heterocycles. The van der Waals surface area contributed by atoms with Gasteiger partial charge in [0.1, 0.15) is 5.51 Å². The van der Waals surface area contributed by atoms with Crippen molar-refractivity contribution in [2.24, 2.45) is 0 Å². The minimum Gasteiger partial charge on any atom is -0.147 e. The van der Waals surface area contributed by atoms with Gasteiger partial charge in [-0.05, 0) is 17.9 Å². The van der Waals surface area contributed by atoms with Gasteiger partial charge < -0.3 is 0 Å². The quantitative estimate of drug-likeness (QED) is 0.651. The number of aromatic nitrogens is 2. The SMILES string of the molecule is CSC1=C(SC)SC(=C2SC=C(c3nncs3)S2)S1. The predicted molar refractivity (Wildman–Crippen MR) is 99.3 cm³/mol. The third-order valence-electron chi connectivity index (χ3n) is 2.12. The molecule has 0 spiro atoms. The van der Waals surface area contributed by atoms with Gasteiger partial charge in [-0.25, -0.2) is 0 Å². The normalized spacial score (nSPS) is 19.6. The molecule has 1 aromatic rings. The van der Waals surface area contributed by atoms with Crippen LogP contribution in [0.25, 0.3) is 4.91 Å². The molecule has 1 aromatic heterocycles. The highest BCUT2D eigenvalue weighted by Crippen LogP contribution is 2.62. The van der Waals surface area contributed by atoms with Gasteiger partial charge in [0.05, 0.1) is 21.9 Å². The highest BCUT2D eigenvalue weighted by molar-refractivity contribution is 8.42. The predicted octanol–water partition coefficient (Wildman–Crippen LogP) is 5.78. The van der Waals surface area contributed by atoms with Crippen LogP contribution in [0.5, 0.6) is 0 Å². The van der Waals surface area contributed by atoms with Gasteiger partial charge in [-0.3, -0.25) is 0 Å². The first-order valence-electron chi connectivity index (χ1n) is 5.05. The van der Waals surface area contributed by atoms with Crippen molar-refractivity contribution < 1.29 is 0 Å². The Kier molecular flexibility index (Phi) is 5.27. The summed E-state index contributed by atoms with van der Waals surface area (Å²) in [5.41, 5.74) is 1.78. The fourth-order valence-electron chi connectivity index (χ4n) is 1.33. The molecule has 0 unspecified atom stereocenters. The number of rotatable bonds is 3. The molecule has 0 fully saturated rings. The number of hydrogen-bond acceptors (Lipinski definition) is 9. The summed E-state index contributed by atoms with van der Waals surface area (Å²) in [6, 6.07) is 0. The highest BCUT2D eigenvalue weighted by atomic mass is 32.3. The van der Waals surface area contributed by atoms with Crippen LogP contribution in [-0.2, 0) is 0 Å². The topological polar surface area (TPSA) is 25.8 Å². The summed E-state index contributed by atoms with van der Waals surface area (Å²) in [5.74, 6) is 0. The van der Waals surface area contributed by atoms with Crippen molar-refractivity contribution in [1.82, 2.24) is 10.2 Å². The second kappa shape index (κ2) is 6.76. The van der Waals surface area contributed by atoms with Gasteiger partial charge >= 0.3 is 0 Å². The zero-order valence-electron chi connectivity index (χ0n) is 9.91. The fourth-order valence-corrected chi connectivity index (χ4v) is 9.60. The summed E-state index contributed by atoms with van der Waals surface area (Å²) < 4.78 is 5.62. The maximum atomic E-state index is 4.13. The Labute approximate surface area is 141 Å². The van der Waals surface area contributed by atoms with Crippen LogP contribution in [-0.4, -0.2) is 22.7 Å². The Balaban J connectivity index is 1.75. The van der Waals surface area contributed by atoms with Crippen molar-refractivity contribution in [1.29, 1.82) is 0 Å². The van der Waals surface area contributed by atoms with E-state index in [4.69, 9.17) is 0 Å². The van der Waals surface area contributed by atoms with E-state index < -0.39 is 0 Å². The molecule has 0 aromatic carbocycles. The zero-order valence-corrected chi connectivity index (χ0v) is 15.6. The standard InChI is InChI=1S/C10H8N2S7/c1-13-7-8(14-2)19-10(18-7)9-15-3-5(17-9)6-12-11-4-16-6/h3-4H,1-2H3. The molecule has 2 nitrogen and oxygen atoms in total. The summed E-state index contributed by atoms with van der Waals surface area (Å²) in [7, 11) is 0. The van der Waals surface area contributed by atoms with Gasteiger partial charge in [0.25, 0.3) is 0 Å².